The summed E-state index contributed by atoms with van der Waals surface area (Å²) < 4.78 is 4.85. The number of hydrogen-bond acceptors (Lipinski definition) is 5. The summed E-state index contributed by atoms with van der Waals surface area (Å²) in [7, 11) is 1.36. The second kappa shape index (κ2) is 6.67. The number of nitrogens with one attached hydrogen (secondary N) is 1. The smallest absolute Gasteiger partial charge is 0.339 e. The van der Waals surface area contributed by atoms with Crippen molar-refractivity contribution >= 4 is 23.1 Å². The summed E-state index contributed by atoms with van der Waals surface area (Å²) in [4.78, 5) is 31.9. The average Bonchev–Trinajstić information content (AvgIpc) is 3.26. The molecule has 2 aliphatic rings. The van der Waals surface area contributed by atoms with E-state index in [1.54, 1.807) is 0 Å². The van der Waals surface area contributed by atoms with Crippen LogP contribution < -0.4 is 0 Å². The second-order valence-electron chi connectivity index (χ2n) is 7.34. The molecule has 2 aromatic heterocycles. The molecule has 0 saturated heterocycles. The molecule has 1 atom stereocenters. The van der Waals surface area contributed by atoms with Crippen LogP contribution in [0, 0.1) is 19.8 Å². The Morgan fingerprint density at radius 2 is 2.12 bits per heavy atom. The standard InChI is InChI=1S/C20H24N2O3S/c1-11-17(20(24)25-3)12(2)21-18(11)15(23)10-22-8-6-16-14(7-9-26-16)19(22)13-4-5-13/h7,9,13,19,21H,4-6,8,10H2,1-3H3/t19-/m0/s1. The number of carbonyl (C=O) groups excluding carboxylic acids is 2. The van der Waals surface area contributed by atoms with E-state index in [-0.39, 0.29) is 5.78 Å². The highest BCUT2D eigenvalue weighted by Gasteiger charge is 2.40. The molecule has 6 heteroatoms. The lowest BCUT2D eigenvalue weighted by molar-refractivity contribution is 0.0599. The first-order valence-corrected chi connectivity index (χ1v) is 10.00. The van der Waals surface area contributed by atoms with Crippen LogP contribution in [0.3, 0.4) is 0 Å². The molecule has 3 heterocycles. The van der Waals surface area contributed by atoms with E-state index in [1.807, 2.05) is 25.2 Å². The number of ether oxygens (including phenoxy) is 1. The third-order valence-electron chi connectivity index (χ3n) is 5.64. The molecule has 4 rings (SSSR count). The number of hydrogen-bond donors (Lipinski definition) is 1. The van der Waals surface area contributed by atoms with Crippen molar-refractivity contribution in [3.05, 3.63) is 44.4 Å². The Hall–Kier alpha value is -1.92. The number of thiophene rings is 1. The fraction of sp³-hybridized carbons (Fsp3) is 0.500. The number of aryl methyl sites for hydroxylation is 1. The fourth-order valence-electron chi connectivity index (χ4n) is 4.24. The van der Waals surface area contributed by atoms with E-state index in [2.05, 4.69) is 21.3 Å². The van der Waals surface area contributed by atoms with Gasteiger partial charge >= 0.3 is 5.97 Å². The largest absolute Gasteiger partial charge is 0.465 e. The van der Waals surface area contributed by atoms with E-state index in [9.17, 15) is 9.59 Å². The lowest BCUT2D eigenvalue weighted by Gasteiger charge is -2.35. The molecule has 1 N–H and O–H groups in total. The number of aromatic nitrogens is 1. The van der Waals surface area contributed by atoms with Crippen LogP contribution in [0.1, 0.15) is 61.4 Å². The van der Waals surface area contributed by atoms with Gasteiger partial charge in [0.05, 0.1) is 24.9 Å². The van der Waals surface area contributed by atoms with Crippen LogP contribution in [0.15, 0.2) is 11.4 Å². The van der Waals surface area contributed by atoms with Gasteiger partial charge in [0.15, 0.2) is 5.78 Å². The van der Waals surface area contributed by atoms with Crippen LogP contribution >= 0.6 is 11.3 Å². The molecule has 0 unspecified atom stereocenters. The molecule has 0 aromatic carbocycles. The monoisotopic (exact) mass is 372 g/mol. The van der Waals surface area contributed by atoms with Crippen molar-refractivity contribution in [1.82, 2.24) is 9.88 Å². The predicted octanol–water partition coefficient (Wildman–Crippen LogP) is 3.67. The molecule has 2 aromatic rings. The molecule has 138 valence electrons. The zero-order valence-electron chi connectivity index (χ0n) is 15.4. The van der Waals surface area contributed by atoms with E-state index < -0.39 is 5.97 Å². The van der Waals surface area contributed by atoms with Crippen LogP contribution in [-0.4, -0.2) is 41.8 Å². The Kier molecular flexibility index (Phi) is 4.49. The van der Waals surface area contributed by atoms with Gasteiger partial charge in [0.1, 0.15) is 0 Å². The lowest BCUT2D eigenvalue weighted by atomic mass is 9.95. The zero-order chi connectivity index (χ0) is 18.4. The van der Waals surface area contributed by atoms with Gasteiger partial charge in [-0.05, 0) is 61.6 Å². The van der Waals surface area contributed by atoms with Crippen molar-refractivity contribution in [2.75, 3.05) is 20.2 Å². The molecule has 26 heavy (non-hydrogen) atoms. The van der Waals surface area contributed by atoms with Gasteiger partial charge in [0.25, 0.3) is 0 Å². The SMILES string of the molecule is COC(=O)c1c(C)[nH]c(C(=O)CN2CCc3sccc3[C@@H]2C2CC2)c1C. The van der Waals surface area contributed by atoms with Crippen LogP contribution in [0.4, 0.5) is 0 Å². The zero-order valence-corrected chi connectivity index (χ0v) is 16.2. The Bertz CT molecular complexity index is 863. The number of fused-ring (bicyclic) bond motifs is 1. The van der Waals surface area contributed by atoms with Crippen molar-refractivity contribution in [3.8, 4) is 0 Å². The predicted molar refractivity (Wildman–Crippen MR) is 101 cm³/mol. The van der Waals surface area contributed by atoms with Crippen LogP contribution in [0.2, 0.25) is 0 Å². The maximum absolute atomic E-state index is 13.0. The van der Waals surface area contributed by atoms with E-state index in [4.69, 9.17) is 4.74 Å². The minimum atomic E-state index is -0.396. The summed E-state index contributed by atoms with van der Waals surface area (Å²) in [6.07, 6.45) is 3.51. The van der Waals surface area contributed by atoms with Crippen molar-refractivity contribution in [2.45, 2.75) is 39.2 Å². The van der Waals surface area contributed by atoms with E-state index in [0.29, 0.717) is 41.0 Å². The molecule has 1 saturated carbocycles. The van der Waals surface area contributed by atoms with Crippen molar-refractivity contribution < 1.29 is 14.3 Å². The van der Waals surface area contributed by atoms with Gasteiger partial charge in [0.2, 0.25) is 0 Å². The topological polar surface area (TPSA) is 62.4 Å². The first-order chi connectivity index (χ1) is 12.5. The van der Waals surface area contributed by atoms with Gasteiger partial charge in [-0.15, -0.1) is 11.3 Å². The van der Waals surface area contributed by atoms with Gasteiger partial charge in [-0.1, -0.05) is 0 Å². The number of aromatic amines is 1. The molecule has 0 radical (unpaired) electrons. The van der Waals surface area contributed by atoms with Gasteiger partial charge in [-0.25, -0.2) is 4.79 Å². The number of Topliss-reactive ketones (excluding diaryl/α,β-unsaturated/α-hetero) is 1. The third-order valence-corrected chi connectivity index (χ3v) is 6.64. The highest BCUT2D eigenvalue weighted by Crippen LogP contribution is 2.48. The summed E-state index contributed by atoms with van der Waals surface area (Å²) in [5.74, 6) is 0.325. The summed E-state index contributed by atoms with van der Waals surface area (Å²) in [5.41, 5.74) is 3.82. The number of methoxy groups -OCH3 is 1. The molecular weight excluding hydrogens is 348 g/mol. The van der Waals surface area contributed by atoms with Gasteiger partial charge in [0, 0.05) is 23.2 Å². The number of ketones is 1. The van der Waals surface area contributed by atoms with Crippen LogP contribution in [0.25, 0.3) is 0 Å². The normalized spacial score (nSPS) is 20.0. The maximum atomic E-state index is 13.0. The number of nitrogens with zero attached hydrogens (tertiary/aromatic N) is 1. The number of rotatable bonds is 5. The summed E-state index contributed by atoms with van der Waals surface area (Å²) in [6, 6.07) is 2.60. The average molecular weight is 372 g/mol. The highest BCUT2D eigenvalue weighted by molar-refractivity contribution is 7.10. The Morgan fingerprint density at radius 1 is 1.35 bits per heavy atom. The molecule has 5 nitrogen and oxygen atoms in total. The van der Waals surface area contributed by atoms with Crippen molar-refractivity contribution in [1.29, 1.82) is 0 Å². The fourth-order valence-corrected chi connectivity index (χ4v) is 5.15. The minimum absolute atomic E-state index is 0.0464. The lowest BCUT2D eigenvalue weighted by Crippen LogP contribution is -2.39. The van der Waals surface area contributed by atoms with Crippen LogP contribution in [-0.2, 0) is 11.2 Å². The molecule has 1 fully saturated rings. The van der Waals surface area contributed by atoms with Gasteiger partial charge in [-0.2, -0.15) is 0 Å². The van der Waals surface area contributed by atoms with E-state index in [1.165, 1.54) is 30.4 Å². The number of H-pyrrole nitrogens is 1. The Morgan fingerprint density at radius 3 is 2.81 bits per heavy atom. The third kappa shape index (κ3) is 2.91. The molecule has 0 spiro atoms. The van der Waals surface area contributed by atoms with E-state index >= 15 is 0 Å². The van der Waals surface area contributed by atoms with Crippen molar-refractivity contribution in [2.24, 2.45) is 5.92 Å². The first kappa shape index (κ1) is 17.5. The molecule has 0 amide bonds. The number of carbonyl (C=O) groups is 2. The van der Waals surface area contributed by atoms with Crippen LogP contribution in [0.5, 0.6) is 0 Å². The second-order valence-corrected chi connectivity index (χ2v) is 8.34. The Balaban J connectivity index is 1.58. The Labute approximate surface area is 157 Å². The highest BCUT2D eigenvalue weighted by atomic mass is 32.1. The molecule has 0 bridgehead atoms. The molecular formula is C20H24N2O3S. The summed E-state index contributed by atoms with van der Waals surface area (Å²) in [6.45, 7) is 4.93. The maximum Gasteiger partial charge on any atom is 0.339 e. The number of esters is 1. The van der Waals surface area contributed by atoms with Gasteiger partial charge < -0.3 is 9.72 Å². The summed E-state index contributed by atoms with van der Waals surface area (Å²) >= 11 is 1.84. The first-order valence-electron chi connectivity index (χ1n) is 9.12. The van der Waals surface area contributed by atoms with E-state index in [0.717, 1.165) is 13.0 Å². The summed E-state index contributed by atoms with van der Waals surface area (Å²) in [5, 5.41) is 2.17. The minimum Gasteiger partial charge on any atom is -0.465 e. The van der Waals surface area contributed by atoms with Gasteiger partial charge in [-0.3, -0.25) is 9.69 Å². The molecule has 1 aliphatic heterocycles. The molecule has 1 aliphatic carbocycles. The van der Waals surface area contributed by atoms with Crippen molar-refractivity contribution in [3.63, 3.8) is 0 Å². The quantitative estimate of drug-likeness (QED) is 0.642.